The standard InChI is InChI=1S/C33H25N3OS/c37-30(34-28-21-20-24-12-10-11-17-27(24)22-28)23-38-33-35-31(25-13-4-1-5-14-25)32(26-15-6-2-7-16-26)36(33)29-18-8-3-9-19-29/h1-22H,23H2,(H,34,37). The summed E-state index contributed by atoms with van der Waals surface area (Å²) in [7, 11) is 0. The smallest absolute Gasteiger partial charge is 0.234 e. The number of fused-ring (bicyclic) bond motifs is 1. The summed E-state index contributed by atoms with van der Waals surface area (Å²) in [5, 5.41) is 6.06. The second kappa shape index (κ2) is 10.8. The molecule has 0 unspecified atom stereocenters. The van der Waals surface area contributed by atoms with Crippen molar-refractivity contribution in [3.63, 3.8) is 0 Å². The van der Waals surface area contributed by atoms with Crippen LogP contribution in [0.15, 0.2) is 139 Å². The lowest BCUT2D eigenvalue weighted by Gasteiger charge is -2.13. The van der Waals surface area contributed by atoms with Crippen LogP contribution in [0.4, 0.5) is 5.69 Å². The molecule has 1 heterocycles. The maximum absolute atomic E-state index is 13.0. The second-order valence-electron chi connectivity index (χ2n) is 8.89. The van der Waals surface area contributed by atoms with Gasteiger partial charge in [0, 0.05) is 22.5 Å². The molecule has 0 fully saturated rings. The molecule has 5 aromatic carbocycles. The molecule has 0 bridgehead atoms. The number of imidazole rings is 1. The number of hydrogen-bond acceptors (Lipinski definition) is 3. The van der Waals surface area contributed by atoms with Crippen LogP contribution in [-0.4, -0.2) is 21.2 Å². The zero-order valence-corrected chi connectivity index (χ0v) is 21.4. The molecule has 0 saturated heterocycles. The first-order valence-corrected chi connectivity index (χ1v) is 13.5. The maximum atomic E-state index is 13.0. The molecule has 6 aromatic rings. The van der Waals surface area contributed by atoms with Crippen LogP contribution in [0, 0.1) is 0 Å². The molecule has 4 nitrogen and oxygen atoms in total. The Morgan fingerprint density at radius 1 is 0.684 bits per heavy atom. The lowest BCUT2D eigenvalue weighted by Crippen LogP contribution is -2.14. The van der Waals surface area contributed by atoms with E-state index in [1.54, 1.807) is 0 Å². The number of anilines is 1. The number of para-hydroxylation sites is 1. The van der Waals surface area contributed by atoms with Gasteiger partial charge in [0.15, 0.2) is 5.16 Å². The molecule has 0 aliphatic carbocycles. The van der Waals surface area contributed by atoms with Crippen molar-refractivity contribution in [1.82, 2.24) is 9.55 Å². The van der Waals surface area contributed by atoms with Crippen LogP contribution in [-0.2, 0) is 4.79 Å². The lowest BCUT2D eigenvalue weighted by molar-refractivity contribution is -0.113. The monoisotopic (exact) mass is 511 g/mol. The van der Waals surface area contributed by atoms with Crippen LogP contribution in [0.2, 0.25) is 0 Å². The first-order chi connectivity index (χ1) is 18.8. The van der Waals surface area contributed by atoms with Gasteiger partial charge in [0.05, 0.1) is 17.1 Å². The van der Waals surface area contributed by atoms with E-state index in [9.17, 15) is 4.79 Å². The van der Waals surface area contributed by atoms with Crippen LogP contribution in [0.5, 0.6) is 0 Å². The van der Waals surface area contributed by atoms with Gasteiger partial charge in [0.2, 0.25) is 5.91 Å². The summed E-state index contributed by atoms with van der Waals surface area (Å²) in [5.41, 5.74) is 5.77. The number of carbonyl (C=O) groups is 1. The minimum atomic E-state index is -0.0737. The Morgan fingerprint density at radius 2 is 1.29 bits per heavy atom. The Bertz CT molecular complexity index is 1700. The molecule has 0 aliphatic heterocycles. The first-order valence-electron chi connectivity index (χ1n) is 12.5. The number of hydrogen-bond donors (Lipinski definition) is 1. The molecule has 1 amide bonds. The normalized spacial score (nSPS) is 10.9. The molecule has 184 valence electrons. The van der Waals surface area contributed by atoms with Gasteiger partial charge in [-0.05, 0) is 35.0 Å². The quantitative estimate of drug-likeness (QED) is 0.220. The highest BCUT2D eigenvalue weighted by atomic mass is 32.2. The van der Waals surface area contributed by atoms with Crippen molar-refractivity contribution in [2.45, 2.75) is 5.16 Å². The number of nitrogens with one attached hydrogen (secondary N) is 1. The molecular formula is C33H25N3OS. The third kappa shape index (κ3) is 4.97. The Kier molecular flexibility index (Phi) is 6.75. The van der Waals surface area contributed by atoms with E-state index in [1.165, 1.54) is 11.8 Å². The average Bonchev–Trinajstić information content (AvgIpc) is 3.37. The average molecular weight is 512 g/mol. The number of nitrogens with zero attached hydrogens (tertiary/aromatic N) is 2. The molecule has 0 atom stereocenters. The van der Waals surface area contributed by atoms with Crippen molar-refractivity contribution in [3.8, 4) is 28.2 Å². The van der Waals surface area contributed by atoms with Crippen LogP contribution in [0.1, 0.15) is 0 Å². The number of benzene rings is 5. The Morgan fingerprint density at radius 3 is 2.00 bits per heavy atom. The SMILES string of the molecule is O=C(CSc1nc(-c2ccccc2)c(-c2ccccc2)n1-c1ccccc1)Nc1ccc2ccccc2c1. The molecule has 6 rings (SSSR count). The summed E-state index contributed by atoms with van der Waals surface area (Å²) in [4.78, 5) is 18.1. The Balaban J connectivity index is 1.36. The van der Waals surface area contributed by atoms with Gasteiger partial charge in [-0.3, -0.25) is 9.36 Å². The zero-order valence-electron chi connectivity index (χ0n) is 20.6. The topological polar surface area (TPSA) is 46.9 Å². The van der Waals surface area contributed by atoms with Crippen LogP contribution in [0.25, 0.3) is 39.0 Å². The summed E-state index contributed by atoms with van der Waals surface area (Å²) >= 11 is 1.44. The molecule has 0 spiro atoms. The van der Waals surface area contributed by atoms with E-state index < -0.39 is 0 Å². The summed E-state index contributed by atoms with van der Waals surface area (Å²) in [6.45, 7) is 0. The van der Waals surface area contributed by atoms with Gasteiger partial charge in [0.1, 0.15) is 0 Å². The minimum absolute atomic E-state index is 0.0737. The van der Waals surface area contributed by atoms with E-state index in [4.69, 9.17) is 4.98 Å². The third-order valence-electron chi connectivity index (χ3n) is 6.32. The van der Waals surface area contributed by atoms with E-state index >= 15 is 0 Å². The van der Waals surface area contributed by atoms with Gasteiger partial charge in [-0.15, -0.1) is 0 Å². The van der Waals surface area contributed by atoms with Crippen LogP contribution >= 0.6 is 11.8 Å². The predicted molar refractivity (Wildman–Crippen MR) is 158 cm³/mol. The molecule has 0 saturated carbocycles. The highest BCUT2D eigenvalue weighted by Crippen LogP contribution is 2.38. The number of rotatable bonds is 7. The lowest BCUT2D eigenvalue weighted by atomic mass is 10.0. The van der Waals surface area contributed by atoms with E-state index in [0.717, 1.165) is 49.8 Å². The third-order valence-corrected chi connectivity index (χ3v) is 7.26. The van der Waals surface area contributed by atoms with E-state index in [2.05, 4.69) is 52.3 Å². The van der Waals surface area contributed by atoms with Crippen molar-refractivity contribution in [2.24, 2.45) is 0 Å². The van der Waals surface area contributed by atoms with Gasteiger partial charge >= 0.3 is 0 Å². The fourth-order valence-corrected chi connectivity index (χ4v) is 5.38. The fourth-order valence-electron chi connectivity index (χ4n) is 4.57. The highest BCUT2D eigenvalue weighted by Gasteiger charge is 2.22. The summed E-state index contributed by atoms with van der Waals surface area (Å²) in [6, 6.07) is 44.8. The fraction of sp³-hybridized carbons (Fsp3) is 0.0303. The maximum Gasteiger partial charge on any atom is 0.234 e. The summed E-state index contributed by atoms with van der Waals surface area (Å²) in [6.07, 6.45) is 0. The molecule has 0 aliphatic rings. The minimum Gasteiger partial charge on any atom is -0.325 e. The number of carbonyl (C=O) groups excluding carboxylic acids is 1. The van der Waals surface area contributed by atoms with Crippen molar-refractivity contribution in [3.05, 3.63) is 133 Å². The number of aromatic nitrogens is 2. The highest BCUT2D eigenvalue weighted by molar-refractivity contribution is 7.99. The van der Waals surface area contributed by atoms with Gasteiger partial charge < -0.3 is 5.32 Å². The molecular weight excluding hydrogens is 486 g/mol. The van der Waals surface area contributed by atoms with Crippen molar-refractivity contribution in [1.29, 1.82) is 0 Å². The van der Waals surface area contributed by atoms with Gasteiger partial charge in [0.25, 0.3) is 0 Å². The zero-order chi connectivity index (χ0) is 25.7. The summed E-state index contributed by atoms with van der Waals surface area (Å²) < 4.78 is 2.16. The van der Waals surface area contributed by atoms with E-state index in [-0.39, 0.29) is 11.7 Å². The molecule has 0 radical (unpaired) electrons. The van der Waals surface area contributed by atoms with Gasteiger partial charge in [-0.25, -0.2) is 4.98 Å². The number of thioether (sulfide) groups is 1. The largest absolute Gasteiger partial charge is 0.325 e. The predicted octanol–water partition coefficient (Wildman–Crippen LogP) is 8.09. The molecule has 5 heteroatoms. The summed E-state index contributed by atoms with van der Waals surface area (Å²) in [5.74, 6) is 0.162. The second-order valence-corrected chi connectivity index (χ2v) is 9.84. The Hall–Kier alpha value is -4.61. The van der Waals surface area contributed by atoms with Crippen molar-refractivity contribution in [2.75, 3.05) is 11.1 Å². The van der Waals surface area contributed by atoms with E-state index in [1.807, 2.05) is 91.0 Å². The van der Waals surface area contributed by atoms with Gasteiger partial charge in [-0.1, -0.05) is 121 Å². The van der Waals surface area contributed by atoms with Crippen molar-refractivity contribution >= 4 is 34.1 Å². The molecule has 38 heavy (non-hydrogen) atoms. The van der Waals surface area contributed by atoms with Crippen LogP contribution < -0.4 is 5.32 Å². The van der Waals surface area contributed by atoms with Gasteiger partial charge in [-0.2, -0.15) is 0 Å². The first kappa shape index (κ1) is 23.8. The molecule has 1 N–H and O–H groups in total. The number of amides is 1. The Labute approximate surface area is 226 Å². The van der Waals surface area contributed by atoms with Crippen molar-refractivity contribution < 1.29 is 4.79 Å². The molecule has 1 aromatic heterocycles. The van der Waals surface area contributed by atoms with Crippen LogP contribution in [0.3, 0.4) is 0 Å². The van der Waals surface area contributed by atoms with E-state index in [0.29, 0.717) is 0 Å².